The van der Waals surface area contributed by atoms with E-state index in [1.165, 1.54) is 17.3 Å². The smallest absolute Gasteiger partial charge is 0.282 e. The highest BCUT2D eigenvalue weighted by Gasteiger charge is 2.35. The Morgan fingerprint density at radius 2 is 1.51 bits per heavy atom. The van der Waals surface area contributed by atoms with Gasteiger partial charge in [0.1, 0.15) is 6.61 Å². The van der Waals surface area contributed by atoms with Crippen LogP contribution in [0.4, 0.5) is 0 Å². The van der Waals surface area contributed by atoms with E-state index in [1.54, 1.807) is 12.1 Å². The number of rotatable bonds is 7. The standard InChI is InChI=1S/C30H23BrN2O4/c1-2-36-26-15-19(5-14-25(26)37-17-18-3-10-22(31)11-4-18)16-32-33-29(34)23-12-8-20-6-7-21-9-13-24(30(33)35)28(23)27(20)21/h3-5,8-16H,2,6-7,17H2,1H3/b32-16-. The Balaban J connectivity index is 1.26. The Kier molecular flexibility index (Phi) is 6.00. The minimum atomic E-state index is -0.413. The third kappa shape index (κ3) is 4.19. The molecule has 0 saturated carbocycles. The first-order chi connectivity index (χ1) is 18.0. The van der Waals surface area contributed by atoms with E-state index in [0.717, 1.165) is 38.7 Å². The quantitative estimate of drug-likeness (QED) is 0.198. The maximum absolute atomic E-state index is 13.3. The van der Waals surface area contributed by atoms with E-state index >= 15 is 0 Å². The van der Waals surface area contributed by atoms with E-state index in [1.807, 2.05) is 61.5 Å². The number of hydrazone groups is 1. The van der Waals surface area contributed by atoms with Gasteiger partial charge in [-0.1, -0.05) is 40.2 Å². The summed E-state index contributed by atoms with van der Waals surface area (Å²) in [4.78, 5) is 26.6. The Bertz CT molecular complexity index is 1540. The third-order valence-corrected chi connectivity index (χ3v) is 7.27. The molecule has 2 aliphatic rings. The van der Waals surface area contributed by atoms with Gasteiger partial charge in [-0.05, 0) is 89.9 Å². The summed E-state index contributed by atoms with van der Waals surface area (Å²) in [6.45, 7) is 2.76. The summed E-state index contributed by atoms with van der Waals surface area (Å²) in [5, 5.41) is 7.07. The van der Waals surface area contributed by atoms with Gasteiger partial charge in [0.25, 0.3) is 11.8 Å². The van der Waals surface area contributed by atoms with E-state index in [4.69, 9.17) is 9.47 Å². The van der Waals surface area contributed by atoms with E-state index in [-0.39, 0.29) is 0 Å². The van der Waals surface area contributed by atoms with Crippen LogP contribution in [0.15, 0.2) is 76.3 Å². The summed E-state index contributed by atoms with van der Waals surface area (Å²) < 4.78 is 12.8. The summed E-state index contributed by atoms with van der Waals surface area (Å²) in [7, 11) is 0. The Hall–Kier alpha value is -3.97. The van der Waals surface area contributed by atoms with Crippen molar-refractivity contribution in [1.82, 2.24) is 5.01 Å². The third-order valence-electron chi connectivity index (χ3n) is 6.74. The van der Waals surface area contributed by atoms with Crippen LogP contribution < -0.4 is 9.47 Å². The molecule has 1 heterocycles. The number of carbonyl (C=O) groups excluding carboxylic acids is 2. The lowest BCUT2D eigenvalue weighted by Crippen LogP contribution is -2.36. The lowest BCUT2D eigenvalue weighted by atomic mass is 9.92. The maximum Gasteiger partial charge on any atom is 0.282 e. The van der Waals surface area contributed by atoms with Crippen molar-refractivity contribution in [2.45, 2.75) is 26.4 Å². The highest BCUT2D eigenvalue weighted by atomic mass is 79.9. The average Bonchev–Trinajstić information content (AvgIpc) is 3.34. The molecule has 0 radical (unpaired) electrons. The van der Waals surface area contributed by atoms with Crippen molar-refractivity contribution in [2.24, 2.45) is 5.10 Å². The summed E-state index contributed by atoms with van der Waals surface area (Å²) in [6, 6.07) is 21.0. The molecule has 1 aliphatic carbocycles. The summed E-state index contributed by atoms with van der Waals surface area (Å²) in [6.07, 6.45) is 3.37. The summed E-state index contributed by atoms with van der Waals surface area (Å²) in [5.74, 6) is 0.339. The number of halogens is 1. The lowest BCUT2D eigenvalue weighted by molar-refractivity contribution is 0.0616. The molecule has 184 valence electrons. The minimum absolute atomic E-state index is 0.395. The number of hydrogen-bond acceptors (Lipinski definition) is 5. The van der Waals surface area contributed by atoms with Crippen molar-refractivity contribution < 1.29 is 19.1 Å². The first-order valence-electron chi connectivity index (χ1n) is 12.2. The summed E-state index contributed by atoms with van der Waals surface area (Å²) >= 11 is 3.44. The highest BCUT2D eigenvalue weighted by Crippen LogP contribution is 2.38. The first-order valence-corrected chi connectivity index (χ1v) is 13.0. The normalized spacial score (nSPS) is 14.2. The minimum Gasteiger partial charge on any atom is -0.490 e. The number of aryl methyl sites for hydroxylation is 2. The molecule has 0 saturated heterocycles. The molecule has 6 nitrogen and oxygen atoms in total. The number of benzene rings is 4. The molecule has 4 aromatic rings. The van der Waals surface area contributed by atoms with Crippen LogP contribution in [0.25, 0.3) is 10.8 Å². The topological polar surface area (TPSA) is 68.2 Å². The molecule has 0 bridgehead atoms. The van der Waals surface area contributed by atoms with Crippen LogP contribution in [-0.2, 0) is 19.4 Å². The number of hydrogen-bond donors (Lipinski definition) is 0. The van der Waals surface area contributed by atoms with Crippen LogP contribution in [0.5, 0.6) is 11.5 Å². The number of carbonyl (C=O) groups is 2. The second kappa shape index (κ2) is 9.48. The van der Waals surface area contributed by atoms with Crippen LogP contribution in [0.3, 0.4) is 0 Å². The molecule has 0 atom stereocenters. The van der Waals surface area contributed by atoms with E-state index in [0.29, 0.717) is 41.4 Å². The van der Waals surface area contributed by atoms with Gasteiger partial charge in [0, 0.05) is 9.86 Å². The lowest BCUT2D eigenvalue weighted by Gasteiger charge is -2.23. The van der Waals surface area contributed by atoms with Crippen molar-refractivity contribution in [3.63, 3.8) is 0 Å². The fourth-order valence-corrected chi connectivity index (χ4v) is 5.23. The Morgan fingerprint density at radius 1 is 0.838 bits per heavy atom. The van der Waals surface area contributed by atoms with E-state index < -0.39 is 11.8 Å². The number of nitrogens with zero attached hydrogens (tertiary/aromatic N) is 2. The second-order valence-electron chi connectivity index (χ2n) is 9.02. The largest absolute Gasteiger partial charge is 0.490 e. The van der Waals surface area contributed by atoms with Gasteiger partial charge in [-0.2, -0.15) is 10.1 Å². The van der Waals surface area contributed by atoms with Crippen LogP contribution in [0.2, 0.25) is 0 Å². The maximum atomic E-state index is 13.3. The zero-order valence-corrected chi connectivity index (χ0v) is 21.7. The van der Waals surface area contributed by atoms with Gasteiger partial charge in [-0.15, -0.1) is 0 Å². The fourth-order valence-electron chi connectivity index (χ4n) is 4.97. The molecular formula is C30H23BrN2O4. The van der Waals surface area contributed by atoms with E-state index in [9.17, 15) is 9.59 Å². The molecule has 1 aliphatic heterocycles. The van der Waals surface area contributed by atoms with Crippen LogP contribution in [0, 0.1) is 0 Å². The van der Waals surface area contributed by atoms with Crippen molar-refractivity contribution in [1.29, 1.82) is 0 Å². The molecule has 37 heavy (non-hydrogen) atoms. The molecule has 7 heteroatoms. The molecular weight excluding hydrogens is 532 g/mol. The fraction of sp³-hybridized carbons (Fsp3) is 0.167. The number of amides is 2. The molecule has 0 N–H and O–H groups in total. The molecule has 0 unspecified atom stereocenters. The SMILES string of the molecule is CCOc1cc(/C=N\N2C(=O)c3ccc4c5c(ccc(c35)C2=O)CC4)ccc1OCc1ccc(Br)cc1. The van der Waals surface area contributed by atoms with Gasteiger partial charge in [-0.3, -0.25) is 9.59 Å². The van der Waals surface area contributed by atoms with Gasteiger partial charge >= 0.3 is 0 Å². The van der Waals surface area contributed by atoms with E-state index in [2.05, 4.69) is 21.0 Å². The number of ether oxygens (including phenoxy) is 2. The number of imide groups is 1. The van der Waals surface area contributed by atoms with Crippen molar-refractivity contribution in [2.75, 3.05) is 6.61 Å². The first kappa shape index (κ1) is 23.4. The van der Waals surface area contributed by atoms with Gasteiger partial charge in [0.05, 0.1) is 23.9 Å². The molecule has 4 aromatic carbocycles. The van der Waals surface area contributed by atoms with Crippen molar-refractivity contribution >= 4 is 44.7 Å². The van der Waals surface area contributed by atoms with Crippen LogP contribution in [0.1, 0.15) is 49.9 Å². The predicted octanol–water partition coefficient (Wildman–Crippen LogP) is 6.31. The van der Waals surface area contributed by atoms with Gasteiger partial charge in [-0.25, -0.2) is 0 Å². The summed E-state index contributed by atoms with van der Waals surface area (Å²) in [5.41, 5.74) is 5.13. The van der Waals surface area contributed by atoms with Gasteiger partial charge in [0.15, 0.2) is 11.5 Å². The van der Waals surface area contributed by atoms with Gasteiger partial charge in [0.2, 0.25) is 0 Å². The van der Waals surface area contributed by atoms with Gasteiger partial charge < -0.3 is 9.47 Å². The monoisotopic (exact) mass is 554 g/mol. The molecule has 0 spiro atoms. The van der Waals surface area contributed by atoms with Crippen LogP contribution >= 0.6 is 15.9 Å². The average molecular weight is 555 g/mol. The zero-order valence-electron chi connectivity index (χ0n) is 20.2. The molecule has 6 rings (SSSR count). The van der Waals surface area contributed by atoms with Crippen molar-refractivity contribution in [3.05, 3.63) is 105 Å². The Labute approximate surface area is 222 Å². The zero-order chi connectivity index (χ0) is 25.5. The van der Waals surface area contributed by atoms with Crippen molar-refractivity contribution in [3.8, 4) is 11.5 Å². The second-order valence-corrected chi connectivity index (χ2v) is 9.93. The molecule has 2 amide bonds. The van der Waals surface area contributed by atoms with Crippen LogP contribution in [-0.4, -0.2) is 29.6 Å². The predicted molar refractivity (Wildman–Crippen MR) is 146 cm³/mol. The Morgan fingerprint density at radius 3 is 2.16 bits per heavy atom. The molecule has 0 aromatic heterocycles. The molecule has 0 fully saturated rings. The highest BCUT2D eigenvalue weighted by molar-refractivity contribution is 9.10.